The van der Waals surface area contributed by atoms with Crippen LogP contribution in [0, 0.1) is 5.92 Å². The van der Waals surface area contributed by atoms with Crippen molar-refractivity contribution in [3.05, 3.63) is 0 Å². The van der Waals surface area contributed by atoms with Crippen LogP contribution in [0.3, 0.4) is 0 Å². The predicted octanol–water partition coefficient (Wildman–Crippen LogP) is -0.299. The molecule has 1 N–H and O–H groups in total. The van der Waals surface area contributed by atoms with E-state index in [-0.39, 0.29) is 5.97 Å². The number of cyclic esters (lactones) is 1. The Balaban J connectivity index is 2.23. The van der Waals surface area contributed by atoms with Crippen molar-refractivity contribution in [3.8, 4) is 0 Å². The summed E-state index contributed by atoms with van der Waals surface area (Å²) in [5.74, 6) is 0.485. The van der Waals surface area contributed by atoms with E-state index in [9.17, 15) is 4.79 Å². The lowest BCUT2D eigenvalue weighted by Crippen LogP contribution is -2.42. The molecule has 4 heteroatoms. The number of nitrogens with one attached hydrogen (secondary N) is 1. The predicted molar refractivity (Wildman–Crippen MR) is 50.5 cm³/mol. The molecule has 76 valence electrons. The third kappa shape index (κ3) is 3.74. The van der Waals surface area contributed by atoms with E-state index in [1.54, 1.807) is 0 Å². The van der Waals surface area contributed by atoms with Crippen LogP contribution in [0.25, 0.3) is 0 Å². The van der Waals surface area contributed by atoms with Gasteiger partial charge in [-0.15, -0.1) is 0 Å². The van der Waals surface area contributed by atoms with Gasteiger partial charge >= 0.3 is 5.97 Å². The molecule has 1 rings (SSSR count). The topological polar surface area (TPSA) is 41.6 Å². The lowest BCUT2D eigenvalue weighted by Gasteiger charge is -2.28. The highest BCUT2D eigenvalue weighted by Gasteiger charge is 2.18. The number of carbonyl (C=O) groups is 1. The zero-order valence-corrected chi connectivity index (χ0v) is 8.38. The number of esters is 1. The first kappa shape index (κ1) is 10.5. The Morgan fingerprint density at radius 3 is 3.08 bits per heavy atom. The van der Waals surface area contributed by atoms with Gasteiger partial charge in [-0.2, -0.15) is 0 Å². The van der Waals surface area contributed by atoms with Gasteiger partial charge in [0.2, 0.25) is 0 Å². The monoisotopic (exact) mass is 186 g/mol. The van der Waals surface area contributed by atoms with Crippen molar-refractivity contribution in [2.75, 3.05) is 39.8 Å². The molecule has 0 bridgehead atoms. The van der Waals surface area contributed by atoms with Crippen LogP contribution < -0.4 is 5.32 Å². The van der Waals surface area contributed by atoms with E-state index in [2.05, 4.69) is 17.1 Å². The molecule has 13 heavy (non-hydrogen) atoms. The first-order valence-electron chi connectivity index (χ1n) is 4.75. The molecule has 0 radical (unpaired) electrons. The fourth-order valence-electron chi connectivity index (χ4n) is 1.61. The van der Waals surface area contributed by atoms with Crippen LogP contribution in [0.15, 0.2) is 0 Å². The van der Waals surface area contributed by atoms with Crippen LogP contribution in [0.4, 0.5) is 0 Å². The highest BCUT2D eigenvalue weighted by Crippen LogP contribution is 2.02. The maximum atomic E-state index is 10.9. The molecule has 1 unspecified atom stereocenters. The Morgan fingerprint density at radius 1 is 1.69 bits per heavy atom. The molecule has 0 aromatic rings. The molecule has 0 aromatic carbocycles. The molecular formula is C9H18N2O2. The first-order valence-corrected chi connectivity index (χ1v) is 4.75. The quantitative estimate of drug-likeness (QED) is 0.612. The molecule has 0 aliphatic carbocycles. The van der Waals surface area contributed by atoms with E-state index in [1.165, 1.54) is 0 Å². The van der Waals surface area contributed by atoms with Gasteiger partial charge in [0, 0.05) is 13.1 Å². The van der Waals surface area contributed by atoms with E-state index in [0.717, 1.165) is 19.6 Å². The van der Waals surface area contributed by atoms with Crippen molar-refractivity contribution in [2.45, 2.75) is 6.92 Å². The Hall–Kier alpha value is -0.610. The standard InChI is InChI=1S/C9H18N2O2/c1-8(5-10-2)6-11-3-4-13-9(12)7-11/h8,10H,3-7H2,1-2H3. The van der Waals surface area contributed by atoms with Crippen LogP contribution in [0.1, 0.15) is 6.92 Å². The van der Waals surface area contributed by atoms with Crippen molar-refractivity contribution < 1.29 is 9.53 Å². The molecule has 0 spiro atoms. The van der Waals surface area contributed by atoms with Gasteiger partial charge in [-0.05, 0) is 19.5 Å². The van der Waals surface area contributed by atoms with Gasteiger partial charge in [0.15, 0.2) is 0 Å². The summed E-state index contributed by atoms with van der Waals surface area (Å²) in [5, 5.41) is 3.13. The smallest absolute Gasteiger partial charge is 0.320 e. The third-order valence-corrected chi connectivity index (χ3v) is 2.15. The van der Waals surface area contributed by atoms with Crippen molar-refractivity contribution in [2.24, 2.45) is 5.92 Å². The van der Waals surface area contributed by atoms with Crippen molar-refractivity contribution in [3.63, 3.8) is 0 Å². The summed E-state index contributed by atoms with van der Waals surface area (Å²) in [7, 11) is 1.95. The minimum Gasteiger partial charge on any atom is -0.463 e. The number of ether oxygens (including phenoxy) is 1. The second-order valence-corrected chi connectivity index (χ2v) is 3.62. The van der Waals surface area contributed by atoms with Gasteiger partial charge in [0.1, 0.15) is 6.61 Å². The van der Waals surface area contributed by atoms with Crippen LogP contribution in [0.2, 0.25) is 0 Å². The zero-order valence-electron chi connectivity index (χ0n) is 8.38. The first-order chi connectivity index (χ1) is 6.22. The van der Waals surface area contributed by atoms with Gasteiger partial charge in [-0.1, -0.05) is 6.92 Å². The second-order valence-electron chi connectivity index (χ2n) is 3.62. The fraction of sp³-hybridized carbons (Fsp3) is 0.889. The molecule has 0 saturated carbocycles. The van der Waals surface area contributed by atoms with Crippen molar-refractivity contribution >= 4 is 5.97 Å². The minimum absolute atomic E-state index is 0.0945. The molecule has 1 atom stereocenters. The summed E-state index contributed by atoms with van der Waals surface area (Å²) >= 11 is 0. The molecule has 0 amide bonds. The fourth-order valence-corrected chi connectivity index (χ4v) is 1.61. The Morgan fingerprint density at radius 2 is 2.46 bits per heavy atom. The summed E-state index contributed by atoms with van der Waals surface area (Å²) in [4.78, 5) is 13.1. The number of nitrogens with zero attached hydrogens (tertiary/aromatic N) is 1. The molecule has 1 saturated heterocycles. The number of carbonyl (C=O) groups excluding carboxylic acids is 1. The van der Waals surface area contributed by atoms with Crippen LogP contribution >= 0.6 is 0 Å². The Bertz CT molecular complexity index is 173. The van der Waals surface area contributed by atoms with Crippen LogP contribution in [-0.4, -0.2) is 50.7 Å². The molecule has 1 heterocycles. The second kappa shape index (κ2) is 5.19. The van der Waals surface area contributed by atoms with Gasteiger partial charge in [-0.25, -0.2) is 0 Å². The van der Waals surface area contributed by atoms with E-state index in [1.807, 2.05) is 7.05 Å². The molecule has 4 nitrogen and oxygen atoms in total. The molecule has 1 aliphatic rings. The average molecular weight is 186 g/mol. The number of hydrogen-bond donors (Lipinski definition) is 1. The molecule has 0 aromatic heterocycles. The van der Waals surface area contributed by atoms with Gasteiger partial charge < -0.3 is 10.1 Å². The Kier molecular flexibility index (Phi) is 4.18. The van der Waals surface area contributed by atoms with E-state index in [0.29, 0.717) is 19.1 Å². The van der Waals surface area contributed by atoms with E-state index < -0.39 is 0 Å². The van der Waals surface area contributed by atoms with Crippen LogP contribution in [-0.2, 0) is 9.53 Å². The maximum absolute atomic E-state index is 10.9. The lowest BCUT2D eigenvalue weighted by molar-refractivity contribution is -0.150. The number of morpholine rings is 1. The summed E-state index contributed by atoms with van der Waals surface area (Å²) in [5.41, 5.74) is 0. The highest BCUT2D eigenvalue weighted by atomic mass is 16.5. The number of rotatable bonds is 4. The van der Waals surface area contributed by atoms with Crippen molar-refractivity contribution in [1.29, 1.82) is 0 Å². The largest absolute Gasteiger partial charge is 0.463 e. The average Bonchev–Trinajstić information content (AvgIpc) is 2.04. The maximum Gasteiger partial charge on any atom is 0.320 e. The Labute approximate surface area is 79.2 Å². The SMILES string of the molecule is CNCC(C)CN1CCOC(=O)C1. The third-order valence-electron chi connectivity index (χ3n) is 2.15. The molecule has 1 aliphatic heterocycles. The van der Waals surface area contributed by atoms with Gasteiger partial charge in [0.05, 0.1) is 6.54 Å². The van der Waals surface area contributed by atoms with Crippen molar-refractivity contribution in [1.82, 2.24) is 10.2 Å². The van der Waals surface area contributed by atoms with E-state index >= 15 is 0 Å². The lowest BCUT2D eigenvalue weighted by atomic mass is 10.1. The van der Waals surface area contributed by atoms with Gasteiger partial charge in [-0.3, -0.25) is 9.69 Å². The molecular weight excluding hydrogens is 168 g/mol. The number of hydrogen-bond acceptors (Lipinski definition) is 4. The summed E-state index contributed by atoms with van der Waals surface area (Å²) in [6, 6.07) is 0. The zero-order chi connectivity index (χ0) is 9.68. The normalized spacial score (nSPS) is 21.2. The summed E-state index contributed by atoms with van der Waals surface area (Å²) in [6.07, 6.45) is 0. The highest BCUT2D eigenvalue weighted by molar-refractivity contribution is 5.72. The van der Waals surface area contributed by atoms with Gasteiger partial charge in [0.25, 0.3) is 0 Å². The summed E-state index contributed by atoms with van der Waals surface area (Å²) in [6.45, 7) is 6.01. The van der Waals surface area contributed by atoms with Crippen LogP contribution in [0.5, 0.6) is 0 Å². The summed E-state index contributed by atoms with van der Waals surface area (Å²) < 4.78 is 4.85. The minimum atomic E-state index is -0.0945. The molecule has 1 fully saturated rings. The van der Waals surface area contributed by atoms with E-state index in [4.69, 9.17) is 4.74 Å².